The van der Waals surface area contributed by atoms with Crippen molar-refractivity contribution in [2.24, 2.45) is 17.8 Å². The Morgan fingerprint density at radius 3 is 2.11 bits per heavy atom. The Morgan fingerprint density at radius 1 is 0.971 bits per heavy atom. The van der Waals surface area contributed by atoms with Crippen molar-refractivity contribution < 1.29 is 29.1 Å². The molecule has 0 bridgehead atoms. The summed E-state index contributed by atoms with van der Waals surface area (Å²) in [6, 6.07) is -4.10. The molecule has 5 amide bonds. The van der Waals surface area contributed by atoms with Crippen LogP contribution >= 0.6 is 0 Å². The lowest BCUT2D eigenvalue weighted by molar-refractivity contribution is -0.140. The van der Waals surface area contributed by atoms with Crippen LogP contribution in [0.4, 0.5) is 4.79 Å². The van der Waals surface area contributed by atoms with E-state index in [0.717, 1.165) is 0 Å². The Morgan fingerprint density at radius 2 is 1.57 bits per heavy atom. The van der Waals surface area contributed by atoms with Gasteiger partial charge >= 0.3 is 12.0 Å². The van der Waals surface area contributed by atoms with Gasteiger partial charge < -0.3 is 31.7 Å². The van der Waals surface area contributed by atoms with Crippen LogP contribution in [-0.4, -0.2) is 65.5 Å². The van der Waals surface area contributed by atoms with Gasteiger partial charge in [0.2, 0.25) is 17.7 Å². The summed E-state index contributed by atoms with van der Waals surface area (Å²) < 4.78 is 0. The molecule has 0 aromatic heterocycles. The van der Waals surface area contributed by atoms with E-state index in [1.165, 1.54) is 6.08 Å². The first-order valence-corrected chi connectivity index (χ1v) is 12.2. The molecule has 1 heterocycles. The summed E-state index contributed by atoms with van der Waals surface area (Å²) in [4.78, 5) is 61.9. The van der Waals surface area contributed by atoms with Crippen LogP contribution < -0.4 is 26.6 Å². The molecular weight excluding hydrogens is 454 g/mol. The van der Waals surface area contributed by atoms with Gasteiger partial charge in [-0.15, -0.1) is 0 Å². The fraction of sp³-hybridized carbons (Fsp3) is 0.708. The van der Waals surface area contributed by atoms with Crippen LogP contribution in [0.15, 0.2) is 12.2 Å². The quantitative estimate of drug-likeness (QED) is 0.293. The van der Waals surface area contributed by atoms with Crippen molar-refractivity contribution >= 4 is 29.7 Å². The molecule has 0 aliphatic carbocycles. The number of carbonyl (C=O) groups is 5. The summed E-state index contributed by atoms with van der Waals surface area (Å²) in [5, 5.41) is 22.7. The maximum absolute atomic E-state index is 13.1. The molecule has 6 N–H and O–H groups in total. The van der Waals surface area contributed by atoms with Crippen molar-refractivity contribution in [2.45, 2.75) is 85.0 Å². The summed E-state index contributed by atoms with van der Waals surface area (Å²) in [6.07, 6.45) is 4.61. The second-order valence-corrected chi connectivity index (χ2v) is 9.88. The molecule has 0 aromatic rings. The summed E-state index contributed by atoms with van der Waals surface area (Å²) >= 11 is 0. The minimum atomic E-state index is -1.17. The molecular formula is C24H41N5O6. The lowest BCUT2D eigenvalue weighted by Crippen LogP contribution is -2.59. The second kappa shape index (κ2) is 14.3. The Labute approximate surface area is 207 Å². The van der Waals surface area contributed by atoms with Gasteiger partial charge in [0.05, 0.1) is 0 Å². The zero-order valence-corrected chi connectivity index (χ0v) is 21.5. The van der Waals surface area contributed by atoms with Gasteiger partial charge in [0.15, 0.2) is 0 Å². The number of aliphatic carboxylic acids is 1. The maximum Gasteiger partial charge on any atom is 0.326 e. The first kappa shape index (κ1) is 29.9. The molecule has 198 valence electrons. The van der Waals surface area contributed by atoms with Gasteiger partial charge in [-0.1, -0.05) is 47.6 Å². The predicted molar refractivity (Wildman–Crippen MR) is 131 cm³/mol. The fourth-order valence-corrected chi connectivity index (χ4v) is 3.54. The number of amides is 5. The third-order valence-corrected chi connectivity index (χ3v) is 5.79. The lowest BCUT2D eigenvalue weighted by Gasteiger charge is -2.28. The standard InChI is InChI=1S/C24H41N5O6/c1-13(2)16-10-11-18(30)25-12-8-7-9-17(21(31)26-16)27-22(32)19(14(3)4)28-24(35)29-20(15(5)6)23(33)34/h10-11,13-17,19-20H,7-9,12H2,1-6H3,(H,25,30)(H,26,31)(H,27,32)(H,33,34)(H2,28,29,35)/b11-10-. The topological polar surface area (TPSA) is 166 Å². The SMILES string of the molecule is CC(C)C1/C=C\C(=O)NCCCCC(NC(=O)C(NC(=O)NC(C(=O)O)C(C)C)C(C)C)C(=O)N1. The molecule has 1 aliphatic rings. The fourth-order valence-electron chi connectivity index (χ4n) is 3.54. The maximum atomic E-state index is 13.1. The average molecular weight is 496 g/mol. The molecule has 1 rings (SSSR count). The molecule has 11 nitrogen and oxygen atoms in total. The van der Waals surface area contributed by atoms with Crippen molar-refractivity contribution in [1.29, 1.82) is 0 Å². The highest BCUT2D eigenvalue weighted by Gasteiger charge is 2.31. The summed E-state index contributed by atoms with van der Waals surface area (Å²) in [6.45, 7) is 11.1. The summed E-state index contributed by atoms with van der Waals surface area (Å²) in [5.74, 6) is -2.96. The molecule has 0 aromatic carbocycles. The number of urea groups is 1. The molecule has 0 radical (unpaired) electrons. The highest BCUT2D eigenvalue weighted by Crippen LogP contribution is 2.10. The van der Waals surface area contributed by atoms with Crippen LogP contribution in [0.5, 0.6) is 0 Å². The minimum Gasteiger partial charge on any atom is -0.480 e. The van der Waals surface area contributed by atoms with Crippen LogP contribution in [0.2, 0.25) is 0 Å². The number of nitrogens with one attached hydrogen (secondary N) is 5. The molecule has 0 saturated carbocycles. The van der Waals surface area contributed by atoms with Crippen molar-refractivity contribution in [3.63, 3.8) is 0 Å². The van der Waals surface area contributed by atoms with Crippen LogP contribution in [0.25, 0.3) is 0 Å². The number of carboxylic acids is 1. The van der Waals surface area contributed by atoms with E-state index >= 15 is 0 Å². The molecule has 35 heavy (non-hydrogen) atoms. The molecule has 11 heteroatoms. The van der Waals surface area contributed by atoms with E-state index in [2.05, 4.69) is 26.6 Å². The minimum absolute atomic E-state index is 0.0132. The van der Waals surface area contributed by atoms with Gasteiger partial charge in [-0.2, -0.15) is 0 Å². The van der Waals surface area contributed by atoms with E-state index in [0.29, 0.717) is 25.8 Å². The van der Waals surface area contributed by atoms with Crippen LogP contribution in [0.3, 0.4) is 0 Å². The molecule has 1 aliphatic heterocycles. The molecule has 4 unspecified atom stereocenters. The van der Waals surface area contributed by atoms with Crippen LogP contribution in [-0.2, 0) is 19.2 Å². The number of rotatable bonds is 8. The Kier molecular flexibility index (Phi) is 12.2. The zero-order chi connectivity index (χ0) is 26.7. The van der Waals surface area contributed by atoms with Crippen molar-refractivity contribution in [3.8, 4) is 0 Å². The number of hydrogen-bond acceptors (Lipinski definition) is 5. The Hall–Kier alpha value is -3.11. The predicted octanol–water partition coefficient (Wildman–Crippen LogP) is 0.901. The number of carbonyl (C=O) groups excluding carboxylic acids is 4. The van der Waals surface area contributed by atoms with Crippen LogP contribution in [0, 0.1) is 17.8 Å². The zero-order valence-electron chi connectivity index (χ0n) is 21.5. The van der Waals surface area contributed by atoms with E-state index in [4.69, 9.17) is 0 Å². The highest BCUT2D eigenvalue weighted by molar-refractivity contribution is 5.93. The van der Waals surface area contributed by atoms with Gasteiger partial charge in [-0.3, -0.25) is 14.4 Å². The lowest BCUT2D eigenvalue weighted by atomic mass is 10.00. The van der Waals surface area contributed by atoms with Crippen molar-refractivity contribution in [1.82, 2.24) is 26.6 Å². The third kappa shape index (κ3) is 10.4. The molecule has 0 fully saturated rings. The van der Waals surface area contributed by atoms with E-state index in [9.17, 15) is 29.1 Å². The highest BCUT2D eigenvalue weighted by atomic mass is 16.4. The average Bonchev–Trinajstić information content (AvgIpc) is 2.75. The summed E-state index contributed by atoms with van der Waals surface area (Å²) in [5.41, 5.74) is 0. The van der Waals surface area contributed by atoms with Gasteiger partial charge in [-0.05, 0) is 37.0 Å². The number of carboxylic acid groups (broad SMARTS) is 1. The molecule has 0 saturated heterocycles. The van der Waals surface area contributed by atoms with E-state index in [-0.39, 0.29) is 29.6 Å². The largest absolute Gasteiger partial charge is 0.480 e. The Bertz CT molecular complexity index is 795. The van der Waals surface area contributed by atoms with Crippen molar-refractivity contribution in [2.75, 3.05) is 6.54 Å². The van der Waals surface area contributed by atoms with Crippen LogP contribution in [0.1, 0.15) is 60.8 Å². The normalized spacial score (nSPS) is 22.2. The number of hydrogen-bond donors (Lipinski definition) is 6. The van der Waals surface area contributed by atoms with Gasteiger partial charge in [0.1, 0.15) is 18.1 Å². The monoisotopic (exact) mass is 495 g/mol. The van der Waals surface area contributed by atoms with Gasteiger partial charge in [-0.25, -0.2) is 9.59 Å². The van der Waals surface area contributed by atoms with Crippen molar-refractivity contribution in [3.05, 3.63) is 12.2 Å². The van der Waals surface area contributed by atoms with Gasteiger partial charge in [0, 0.05) is 18.7 Å². The smallest absolute Gasteiger partial charge is 0.326 e. The van der Waals surface area contributed by atoms with E-state index < -0.39 is 42.1 Å². The second-order valence-electron chi connectivity index (χ2n) is 9.88. The first-order valence-electron chi connectivity index (χ1n) is 12.2. The van der Waals surface area contributed by atoms with E-state index in [1.807, 2.05) is 13.8 Å². The Balaban J connectivity index is 2.97. The van der Waals surface area contributed by atoms with E-state index in [1.54, 1.807) is 33.8 Å². The first-order chi connectivity index (χ1) is 16.3. The van der Waals surface area contributed by atoms with Gasteiger partial charge in [0.25, 0.3) is 0 Å². The third-order valence-electron chi connectivity index (χ3n) is 5.79. The molecule has 4 atom stereocenters. The summed E-state index contributed by atoms with van der Waals surface area (Å²) in [7, 11) is 0. The molecule has 0 spiro atoms.